The van der Waals surface area contributed by atoms with Gasteiger partial charge in [0.25, 0.3) is 0 Å². The fourth-order valence-corrected chi connectivity index (χ4v) is 6.20. The van der Waals surface area contributed by atoms with Gasteiger partial charge in [0.1, 0.15) is 35.0 Å². The molecule has 0 aliphatic rings. The lowest BCUT2D eigenvalue weighted by Gasteiger charge is -2.23. The molecule has 10 heteroatoms. The number of imidazole rings is 1. The second kappa shape index (κ2) is 22.8. The van der Waals surface area contributed by atoms with Crippen LogP contribution in [-0.4, -0.2) is 32.5 Å². The van der Waals surface area contributed by atoms with Crippen LogP contribution in [0.4, 0.5) is 10.1 Å². The summed E-state index contributed by atoms with van der Waals surface area (Å²) in [6.07, 6.45) is 5.99. The SMILES string of the molecule is CC.CC#N.CCCC.CCCN(c1ccc(-c2ccc(C)cc2)c(COc2ccc(-c3nc4cc(C(N)=O)ccc4n3CCC)c(F)c2)c1)S(C)=O. The summed E-state index contributed by atoms with van der Waals surface area (Å²) in [5, 5.41) is 7.32. The van der Waals surface area contributed by atoms with Gasteiger partial charge in [-0.2, -0.15) is 5.26 Å². The Morgan fingerprint density at radius 1 is 0.925 bits per heavy atom. The average Bonchev–Trinajstić information content (AvgIpc) is 3.51. The van der Waals surface area contributed by atoms with Gasteiger partial charge in [0, 0.05) is 43.6 Å². The van der Waals surface area contributed by atoms with E-state index in [4.69, 9.17) is 15.7 Å². The molecule has 1 unspecified atom stereocenters. The summed E-state index contributed by atoms with van der Waals surface area (Å²) in [5.41, 5.74) is 12.5. The number of hydrogen-bond acceptors (Lipinski definition) is 5. The monoisotopic (exact) mass is 741 g/mol. The summed E-state index contributed by atoms with van der Waals surface area (Å²) in [5.74, 6) is -0.146. The Morgan fingerprint density at radius 3 is 2.11 bits per heavy atom. The van der Waals surface area contributed by atoms with Gasteiger partial charge in [0.05, 0.1) is 22.7 Å². The molecular weight excluding hydrogens is 686 g/mol. The number of unbranched alkanes of at least 4 members (excludes halogenated alkanes) is 1. The number of carbonyl (C=O) groups excluding carboxylic acids is 1. The molecule has 0 aliphatic heterocycles. The predicted molar refractivity (Wildman–Crippen MR) is 220 cm³/mol. The molecule has 4 aromatic carbocycles. The van der Waals surface area contributed by atoms with E-state index in [1.165, 1.54) is 25.8 Å². The first-order valence-electron chi connectivity index (χ1n) is 18.4. The van der Waals surface area contributed by atoms with E-state index in [0.29, 0.717) is 41.3 Å². The summed E-state index contributed by atoms with van der Waals surface area (Å²) in [6, 6.07) is 25.9. The maximum Gasteiger partial charge on any atom is 0.248 e. The Hall–Kier alpha value is -5.01. The first-order chi connectivity index (χ1) is 25.5. The summed E-state index contributed by atoms with van der Waals surface area (Å²) in [4.78, 5) is 16.4. The van der Waals surface area contributed by atoms with Gasteiger partial charge in [0.15, 0.2) is 0 Å². The van der Waals surface area contributed by atoms with Crippen molar-refractivity contribution in [1.82, 2.24) is 9.55 Å². The third kappa shape index (κ3) is 12.3. The number of amides is 1. The minimum absolute atomic E-state index is 0.191. The van der Waals surface area contributed by atoms with Crippen LogP contribution in [0.15, 0.2) is 78.9 Å². The molecule has 1 aromatic heterocycles. The van der Waals surface area contributed by atoms with E-state index in [9.17, 15) is 9.00 Å². The third-order valence-corrected chi connectivity index (χ3v) is 9.05. The number of hydrogen-bond donors (Lipinski definition) is 1. The first kappa shape index (κ1) is 44.2. The summed E-state index contributed by atoms with van der Waals surface area (Å²) < 4.78 is 38.2. The molecular formula is C43H56FN5O3S. The Bertz CT molecular complexity index is 1970. The standard InChI is InChI=1S/C35H37FN4O3S.C4H10.C2H3N.C2H6/c1-5-17-39-33-16-11-25(34(37)41)20-32(33)38-35(39)30-15-13-28(21-31(30)36)43-22-26-19-27(40(18-6-2)44(4)42)12-14-29(26)24-9-7-23(3)8-10-24;1-3-4-2;1-2-3;1-2/h7-16,19-21H,5-6,17-18,22H2,1-4H3,(H2,37,41);3-4H2,1-2H3;1H3;1-2H3. The predicted octanol–water partition coefficient (Wildman–Crippen LogP) is 10.8. The molecule has 2 N–H and O–H groups in total. The second-order valence-electron chi connectivity index (χ2n) is 12.0. The molecule has 0 spiro atoms. The number of nitriles is 1. The molecule has 0 saturated heterocycles. The van der Waals surface area contributed by atoms with Crippen molar-refractivity contribution in [2.45, 2.75) is 94.2 Å². The molecule has 0 bridgehead atoms. The number of rotatable bonds is 13. The topological polar surface area (TPSA) is 114 Å². The van der Waals surface area contributed by atoms with Crippen molar-refractivity contribution in [3.8, 4) is 34.3 Å². The second-order valence-corrected chi connectivity index (χ2v) is 13.3. The number of anilines is 1. The van der Waals surface area contributed by atoms with Crippen LogP contribution in [0.1, 0.15) is 95.6 Å². The maximum atomic E-state index is 15.7. The van der Waals surface area contributed by atoms with Crippen LogP contribution in [0, 0.1) is 24.1 Å². The highest BCUT2D eigenvalue weighted by Crippen LogP contribution is 2.33. The Morgan fingerprint density at radius 2 is 1.57 bits per heavy atom. The summed E-state index contributed by atoms with van der Waals surface area (Å²) in [7, 11) is -1.18. The highest BCUT2D eigenvalue weighted by atomic mass is 32.2. The zero-order valence-corrected chi connectivity index (χ0v) is 33.6. The van der Waals surface area contributed by atoms with Gasteiger partial charge in [0.2, 0.25) is 5.91 Å². The number of nitrogens with two attached hydrogens (primary N) is 1. The number of carbonyl (C=O) groups is 1. The van der Waals surface area contributed by atoms with Crippen molar-refractivity contribution < 1.29 is 18.1 Å². The van der Waals surface area contributed by atoms with E-state index >= 15 is 4.39 Å². The lowest BCUT2D eigenvalue weighted by atomic mass is 9.98. The molecule has 0 radical (unpaired) electrons. The fourth-order valence-electron chi connectivity index (χ4n) is 5.35. The van der Waals surface area contributed by atoms with Crippen molar-refractivity contribution in [2.24, 2.45) is 5.73 Å². The molecule has 0 aliphatic carbocycles. The summed E-state index contributed by atoms with van der Waals surface area (Å²) >= 11 is 0. The van der Waals surface area contributed by atoms with Crippen molar-refractivity contribution in [3.05, 3.63) is 101 Å². The van der Waals surface area contributed by atoms with Crippen LogP contribution < -0.4 is 14.8 Å². The van der Waals surface area contributed by atoms with Crippen LogP contribution in [0.3, 0.4) is 0 Å². The van der Waals surface area contributed by atoms with Crippen molar-refractivity contribution in [2.75, 3.05) is 17.1 Å². The normalized spacial score (nSPS) is 10.7. The quantitative estimate of drug-likeness (QED) is 0.129. The van der Waals surface area contributed by atoms with Gasteiger partial charge in [-0.05, 0) is 78.9 Å². The third-order valence-electron chi connectivity index (χ3n) is 8.03. The van der Waals surface area contributed by atoms with Gasteiger partial charge in [-0.3, -0.25) is 9.10 Å². The van der Waals surface area contributed by atoms with Crippen LogP contribution >= 0.6 is 0 Å². The van der Waals surface area contributed by atoms with Crippen LogP contribution in [0.25, 0.3) is 33.5 Å². The molecule has 53 heavy (non-hydrogen) atoms. The molecule has 0 saturated carbocycles. The zero-order valence-electron chi connectivity index (χ0n) is 32.8. The zero-order chi connectivity index (χ0) is 39.5. The van der Waals surface area contributed by atoms with E-state index in [1.54, 1.807) is 42.7 Å². The van der Waals surface area contributed by atoms with Crippen molar-refractivity contribution in [3.63, 3.8) is 0 Å². The highest BCUT2D eigenvalue weighted by molar-refractivity contribution is 7.85. The van der Waals surface area contributed by atoms with Gasteiger partial charge in [-0.15, -0.1) is 0 Å². The first-order valence-corrected chi connectivity index (χ1v) is 19.9. The summed E-state index contributed by atoms with van der Waals surface area (Å²) in [6.45, 7) is 17.4. The Balaban J connectivity index is 0.000000982. The number of fused-ring (bicyclic) bond motifs is 1. The highest BCUT2D eigenvalue weighted by Gasteiger charge is 2.18. The van der Waals surface area contributed by atoms with E-state index in [-0.39, 0.29) is 6.61 Å². The van der Waals surface area contributed by atoms with Crippen molar-refractivity contribution in [1.29, 1.82) is 5.26 Å². The smallest absolute Gasteiger partial charge is 0.248 e. The number of primary amides is 1. The lowest BCUT2D eigenvalue weighted by Crippen LogP contribution is -2.25. The molecule has 1 heterocycles. The fraction of sp³-hybridized carbons (Fsp3) is 0.372. The minimum atomic E-state index is -1.18. The van der Waals surface area contributed by atoms with Gasteiger partial charge < -0.3 is 15.0 Å². The molecule has 8 nitrogen and oxygen atoms in total. The number of benzene rings is 4. The number of aromatic nitrogens is 2. The number of ether oxygens (including phenoxy) is 1. The van der Waals surface area contributed by atoms with Crippen molar-refractivity contribution >= 4 is 33.6 Å². The van der Waals surface area contributed by atoms with Crippen LogP contribution in [-0.2, 0) is 24.1 Å². The molecule has 1 amide bonds. The van der Waals surface area contributed by atoms with E-state index in [1.807, 2.05) is 54.8 Å². The number of halogens is 1. The lowest BCUT2D eigenvalue weighted by molar-refractivity contribution is 0.100. The molecule has 1 atom stereocenters. The molecule has 0 fully saturated rings. The maximum absolute atomic E-state index is 15.7. The van der Waals surface area contributed by atoms with Gasteiger partial charge in [-0.25, -0.2) is 13.6 Å². The van der Waals surface area contributed by atoms with Gasteiger partial charge in [-0.1, -0.05) is 90.3 Å². The average molecular weight is 742 g/mol. The van der Waals surface area contributed by atoms with E-state index in [0.717, 1.165) is 46.3 Å². The Kier molecular flexibility index (Phi) is 19.0. The Labute approximate surface area is 318 Å². The largest absolute Gasteiger partial charge is 0.489 e. The van der Waals surface area contributed by atoms with E-state index in [2.05, 4.69) is 50.0 Å². The number of aryl methyl sites for hydroxylation is 2. The molecule has 5 aromatic rings. The molecule has 284 valence electrons. The molecule has 5 rings (SSSR count). The minimum Gasteiger partial charge on any atom is -0.489 e. The van der Waals surface area contributed by atoms with Gasteiger partial charge >= 0.3 is 0 Å². The van der Waals surface area contributed by atoms with E-state index < -0.39 is 22.7 Å². The van der Waals surface area contributed by atoms with Crippen LogP contribution in [0.5, 0.6) is 5.75 Å². The number of nitrogens with zero attached hydrogens (tertiary/aromatic N) is 4. The van der Waals surface area contributed by atoms with Crippen LogP contribution in [0.2, 0.25) is 0 Å².